The zero-order valence-corrected chi connectivity index (χ0v) is 8.66. The molecular weight excluding hydrogens is 170 g/mol. The molecule has 0 aromatic carbocycles. The van der Waals surface area contributed by atoms with Gasteiger partial charge in [0.05, 0.1) is 6.54 Å². The largest absolute Gasteiger partial charge is 0.464 e. The minimum atomic E-state index is -0.314. The predicted octanol–water partition coefficient (Wildman–Crippen LogP) is 0.664. The van der Waals surface area contributed by atoms with Crippen molar-refractivity contribution in [3.63, 3.8) is 0 Å². The van der Waals surface area contributed by atoms with E-state index in [9.17, 15) is 9.59 Å². The maximum atomic E-state index is 11.3. The number of esters is 1. The number of ether oxygens (including phenoxy) is 1. The normalized spacial score (nSPS) is 9.92. The first kappa shape index (κ1) is 11.9. The van der Waals surface area contributed by atoms with Crippen LogP contribution in [0.15, 0.2) is 0 Å². The van der Waals surface area contributed by atoms with Crippen molar-refractivity contribution in [3.05, 3.63) is 0 Å². The first-order valence-electron chi connectivity index (χ1n) is 4.33. The van der Waals surface area contributed by atoms with E-state index in [0.29, 0.717) is 6.54 Å². The minimum Gasteiger partial charge on any atom is -0.464 e. The molecule has 1 amide bonds. The lowest BCUT2D eigenvalue weighted by Crippen LogP contribution is -2.33. The average molecular weight is 187 g/mol. The SMILES string of the molecule is CC(=O)OCCN(C)C(=O)C(C)C. The maximum absolute atomic E-state index is 11.3. The van der Waals surface area contributed by atoms with E-state index in [1.807, 2.05) is 13.8 Å². The van der Waals surface area contributed by atoms with Gasteiger partial charge in [0.2, 0.25) is 5.91 Å². The lowest BCUT2D eigenvalue weighted by molar-refractivity contribution is -0.143. The Morgan fingerprint density at radius 2 is 1.92 bits per heavy atom. The number of nitrogens with zero attached hydrogens (tertiary/aromatic N) is 1. The van der Waals surface area contributed by atoms with E-state index in [0.717, 1.165) is 0 Å². The lowest BCUT2D eigenvalue weighted by atomic mass is 10.2. The van der Waals surface area contributed by atoms with Gasteiger partial charge in [-0.3, -0.25) is 9.59 Å². The Morgan fingerprint density at radius 1 is 1.38 bits per heavy atom. The fourth-order valence-corrected chi connectivity index (χ4v) is 0.877. The van der Waals surface area contributed by atoms with Crippen LogP contribution in [-0.4, -0.2) is 37.0 Å². The summed E-state index contributed by atoms with van der Waals surface area (Å²) < 4.78 is 4.71. The van der Waals surface area contributed by atoms with Gasteiger partial charge in [0.1, 0.15) is 6.61 Å². The quantitative estimate of drug-likeness (QED) is 0.607. The molecule has 0 unspecified atom stereocenters. The minimum absolute atomic E-state index is 0.0117. The van der Waals surface area contributed by atoms with E-state index in [2.05, 4.69) is 0 Å². The molecule has 0 spiro atoms. The summed E-state index contributed by atoms with van der Waals surface area (Å²) in [6.45, 7) is 5.75. The Hall–Kier alpha value is -1.06. The number of hydrogen-bond acceptors (Lipinski definition) is 3. The number of rotatable bonds is 4. The third-order valence-corrected chi connectivity index (χ3v) is 1.60. The summed E-state index contributed by atoms with van der Waals surface area (Å²) >= 11 is 0. The van der Waals surface area contributed by atoms with Crippen molar-refractivity contribution in [3.8, 4) is 0 Å². The zero-order chi connectivity index (χ0) is 10.4. The molecule has 13 heavy (non-hydrogen) atoms. The molecule has 0 aliphatic rings. The molecule has 0 aliphatic carbocycles. The molecular formula is C9H17NO3. The van der Waals surface area contributed by atoms with Crippen LogP contribution in [0.4, 0.5) is 0 Å². The van der Waals surface area contributed by atoms with Crippen LogP contribution in [0.25, 0.3) is 0 Å². The van der Waals surface area contributed by atoms with Crippen LogP contribution in [-0.2, 0) is 14.3 Å². The van der Waals surface area contributed by atoms with E-state index in [4.69, 9.17) is 4.74 Å². The van der Waals surface area contributed by atoms with E-state index in [-0.39, 0.29) is 24.4 Å². The fraction of sp³-hybridized carbons (Fsp3) is 0.778. The van der Waals surface area contributed by atoms with E-state index in [1.54, 1.807) is 11.9 Å². The first-order valence-corrected chi connectivity index (χ1v) is 4.33. The highest BCUT2D eigenvalue weighted by Gasteiger charge is 2.12. The van der Waals surface area contributed by atoms with Gasteiger partial charge >= 0.3 is 5.97 Å². The standard InChI is InChI=1S/C9H17NO3/c1-7(2)9(12)10(4)5-6-13-8(3)11/h7H,5-6H2,1-4H3. The van der Waals surface area contributed by atoms with Crippen LogP contribution >= 0.6 is 0 Å². The highest BCUT2D eigenvalue weighted by Crippen LogP contribution is 1.98. The molecule has 4 nitrogen and oxygen atoms in total. The van der Waals surface area contributed by atoms with Gasteiger partial charge < -0.3 is 9.64 Å². The van der Waals surface area contributed by atoms with E-state index in [1.165, 1.54) is 6.92 Å². The van der Waals surface area contributed by atoms with Gasteiger partial charge in [-0.25, -0.2) is 0 Å². The second kappa shape index (κ2) is 5.56. The number of carbonyl (C=O) groups is 2. The van der Waals surface area contributed by atoms with Gasteiger partial charge in [0.25, 0.3) is 0 Å². The van der Waals surface area contributed by atoms with Gasteiger partial charge in [-0.15, -0.1) is 0 Å². The summed E-state index contributed by atoms with van der Waals surface area (Å²) in [6.07, 6.45) is 0. The monoisotopic (exact) mass is 187 g/mol. The van der Waals surface area contributed by atoms with Gasteiger partial charge in [-0.1, -0.05) is 13.8 Å². The Balaban J connectivity index is 3.68. The Labute approximate surface area is 78.9 Å². The van der Waals surface area contributed by atoms with Crippen LogP contribution in [0.1, 0.15) is 20.8 Å². The van der Waals surface area contributed by atoms with Crippen LogP contribution in [0, 0.1) is 5.92 Å². The van der Waals surface area contributed by atoms with Crippen LogP contribution in [0.5, 0.6) is 0 Å². The fourth-order valence-electron chi connectivity index (χ4n) is 0.877. The van der Waals surface area contributed by atoms with Crippen molar-refractivity contribution in [1.29, 1.82) is 0 Å². The summed E-state index contributed by atoms with van der Waals surface area (Å²) in [6, 6.07) is 0. The molecule has 0 saturated heterocycles. The molecule has 0 heterocycles. The van der Waals surface area contributed by atoms with Gasteiger partial charge in [0.15, 0.2) is 0 Å². The molecule has 0 aromatic heterocycles. The number of amides is 1. The van der Waals surface area contributed by atoms with Gasteiger partial charge in [-0.2, -0.15) is 0 Å². The topological polar surface area (TPSA) is 46.6 Å². The number of carbonyl (C=O) groups excluding carboxylic acids is 2. The molecule has 0 saturated carbocycles. The maximum Gasteiger partial charge on any atom is 0.302 e. The smallest absolute Gasteiger partial charge is 0.302 e. The Morgan fingerprint density at radius 3 is 2.31 bits per heavy atom. The van der Waals surface area contributed by atoms with Crippen LogP contribution in [0.3, 0.4) is 0 Å². The highest BCUT2D eigenvalue weighted by atomic mass is 16.5. The second-order valence-electron chi connectivity index (χ2n) is 3.25. The predicted molar refractivity (Wildman–Crippen MR) is 49.1 cm³/mol. The van der Waals surface area contributed by atoms with Crippen LogP contribution in [0.2, 0.25) is 0 Å². The highest BCUT2D eigenvalue weighted by molar-refractivity contribution is 5.77. The van der Waals surface area contributed by atoms with E-state index < -0.39 is 0 Å². The third-order valence-electron chi connectivity index (χ3n) is 1.60. The summed E-state index contributed by atoms with van der Waals surface area (Å²) in [5.74, 6) is -0.264. The van der Waals surface area contributed by atoms with Gasteiger partial charge in [0, 0.05) is 19.9 Å². The first-order chi connectivity index (χ1) is 5.95. The zero-order valence-electron chi connectivity index (χ0n) is 8.66. The molecule has 0 atom stereocenters. The second-order valence-corrected chi connectivity index (χ2v) is 3.25. The Kier molecular flexibility index (Phi) is 5.11. The third kappa shape index (κ3) is 5.22. The van der Waals surface area contributed by atoms with Crippen molar-refractivity contribution < 1.29 is 14.3 Å². The molecule has 0 aromatic rings. The van der Waals surface area contributed by atoms with Crippen LogP contribution < -0.4 is 0 Å². The van der Waals surface area contributed by atoms with Gasteiger partial charge in [-0.05, 0) is 0 Å². The van der Waals surface area contributed by atoms with Crippen molar-refractivity contribution in [2.45, 2.75) is 20.8 Å². The Bertz CT molecular complexity index is 189. The lowest BCUT2D eigenvalue weighted by Gasteiger charge is -2.18. The molecule has 0 radical (unpaired) electrons. The van der Waals surface area contributed by atoms with Crippen molar-refractivity contribution in [2.75, 3.05) is 20.2 Å². The molecule has 0 aliphatic heterocycles. The molecule has 0 bridgehead atoms. The average Bonchev–Trinajstić information content (AvgIpc) is 2.02. The summed E-state index contributed by atoms with van der Waals surface area (Å²) in [7, 11) is 1.70. The number of likely N-dealkylation sites (N-methyl/N-ethyl adjacent to an activating group) is 1. The molecule has 0 rings (SSSR count). The molecule has 76 valence electrons. The van der Waals surface area contributed by atoms with Crippen molar-refractivity contribution in [2.24, 2.45) is 5.92 Å². The summed E-state index contributed by atoms with van der Waals surface area (Å²) in [4.78, 5) is 23.3. The molecule has 4 heteroatoms. The number of hydrogen-bond donors (Lipinski definition) is 0. The summed E-state index contributed by atoms with van der Waals surface area (Å²) in [5, 5.41) is 0. The van der Waals surface area contributed by atoms with Crippen molar-refractivity contribution in [1.82, 2.24) is 4.90 Å². The summed E-state index contributed by atoms with van der Waals surface area (Å²) in [5.41, 5.74) is 0. The van der Waals surface area contributed by atoms with Crippen molar-refractivity contribution >= 4 is 11.9 Å². The molecule has 0 fully saturated rings. The van der Waals surface area contributed by atoms with E-state index >= 15 is 0 Å². The molecule has 0 N–H and O–H groups in total.